The zero-order valence-electron chi connectivity index (χ0n) is 15.9. The van der Waals surface area contributed by atoms with Crippen LogP contribution in [0.25, 0.3) is 0 Å². The molecular weight excluding hydrogens is 330 g/mol. The van der Waals surface area contributed by atoms with Crippen LogP contribution in [0.1, 0.15) is 55.7 Å². The van der Waals surface area contributed by atoms with Gasteiger partial charge in [0.1, 0.15) is 11.6 Å². The van der Waals surface area contributed by atoms with E-state index in [9.17, 15) is 4.79 Å². The Labute approximate surface area is 154 Å². The SMILES string of the molecule is CC(c1ncc(C(C)(C)C)o1)N1CCN(c2ncccc2C(N)=O)CC1. The van der Waals surface area contributed by atoms with Gasteiger partial charge in [-0.15, -0.1) is 0 Å². The average Bonchev–Trinajstić information content (AvgIpc) is 3.12. The van der Waals surface area contributed by atoms with Gasteiger partial charge in [-0.2, -0.15) is 0 Å². The molecule has 1 saturated heterocycles. The molecule has 2 N–H and O–H groups in total. The monoisotopic (exact) mass is 357 g/mol. The quantitative estimate of drug-likeness (QED) is 0.903. The second kappa shape index (κ2) is 7.07. The predicted octanol–water partition coefficient (Wildman–Crippen LogP) is 2.35. The number of oxazole rings is 1. The molecule has 1 unspecified atom stereocenters. The molecule has 1 aliphatic heterocycles. The summed E-state index contributed by atoms with van der Waals surface area (Å²) in [5.74, 6) is 1.87. The highest BCUT2D eigenvalue weighted by Gasteiger charge is 2.28. The lowest BCUT2D eigenvalue weighted by Gasteiger charge is -2.38. The summed E-state index contributed by atoms with van der Waals surface area (Å²) in [6, 6.07) is 3.56. The smallest absolute Gasteiger partial charge is 0.252 e. The Balaban J connectivity index is 1.67. The molecule has 3 heterocycles. The second-order valence-corrected chi connectivity index (χ2v) is 7.75. The number of carbonyl (C=O) groups excluding carboxylic acids is 1. The standard InChI is InChI=1S/C19H27N5O2/c1-13(18-22-12-15(26-18)19(2,3)4)23-8-10-24(11-9-23)17-14(16(20)25)6-5-7-21-17/h5-7,12-13H,8-11H2,1-4H3,(H2,20,25). The van der Waals surface area contributed by atoms with Gasteiger partial charge < -0.3 is 15.1 Å². The van der Waals surface area contributed by atoms with E-state index in [0.29, 0.717) is 11.4 Å². The fraction of sp³-hybridized carbons (Fsp3) is 0.526. The van der Waals surface area contributed by atoms with Crippen LogP contribution in [-0.2, 0) is 5.41 Å². The number of rotatable bonds is 4. The van der Waals surface area contributed by atoms with Gasteiger partial charge in [-0.25, -0.2) is 9.97 Å². The first-order valence-corrected chi connectivity index (χ1v) is 8.97. The van der Waals surface area contributed by atoms with Crippen LogP contribution in [0.4, 0.5) is 5.82 Å². The number of aromatic nitrogens is 2. The van der Waals surface area contributed by atoms with E-state index >= 15 is 0 Å². The number of piperazine rings is 1. The van der Waals surface area contributed by atoms with Gasteiger partial charge >= 0.3 is 0 Å². The van der Waals surface area contributed by atoms with E-state index < -0.39 is 5.91 Å². The summed E-state index contributed by atoms with van der Waals surface area (Å²) in [6.45, 7) is 11.7. The van der Waals surface area contributed by atoms with Crippen molar-refractivity contribution >= 4 is 11.7 Å². The molecule has 1 fully saturated rings. The van der Waals surface area contributed by atoms with E-state index in [1.54, 1.807) is 18.3 Å². The van der Waals surface area contributed by atoms with Crippen molar-refractivity contribution in [2.24, 2.45) is 5.73 Å². The number of amides is 1. The Morgan fingerprint density at radius 3 is 2.50 bits per heavy atom. The summed E-state index contributed by atoms with van der Waals surface area (Å²) in [5.41, 5.74) is 5.89. The Morgan fingerprint density at radius 2 is 1.92 bits per heavy atom. The van der Waals surface area contributed by atoms with Gasteiger partial charge in [-0.1, -0.05) is 20.8 Å². The molecule has 0 radical (unpaired) electrons. The van der Waals surface area contributed by atoms with Crippen LogP contribution in [0.5, 0.6) is 0 Å². The van der Waals surface area contributed by atoms with Crippen LogP contribution in [0.3, 0.4) is 0 Å². The van der Waals surface area contributed by atoms with E-state index in [-0.39, 0.29) is 11.5 Å². The zero-order valence-corrected chi connectivity index (χ0v) is 15.9. The third-order valence-electron chi connectivity index (χ3n) is 4.83. The van der Waals surface area contributed by atoms with E-state index in [2.05, 4.69) is 47.5 Å². The first-order valence-electron chi connectivity index (χ1n) is 8.97. The number of primary amides is 1. The molecule has 1 atom stereocenters. The minimum atomic E-state index is -0.446. The Kier molecular flexibility index (Phi) is 5.00. The highest BCUT2D eigenvalue weighted by molar-refractivity contribution is 5.97. The molecule has 1 aliphatic rings. The normalized spacial score (nSPS) is 17.3. The van der Waals surface area contributed by atoms with Crippen molar-refractivity contribution in [2.75, 3.05) is 31.1 Å². The molecule has 7 nitrogen and oxygen atoms in total. The lowest BCUT2D eigenvalue weighted by molar-refractivity contribution is 0.1000. The van der Waals surface area contributed by atoms with Gasteiger partial charge in [0.25, 0.3) is 5.91 Å². The van der Waals surface area contributed by atoms with Gasteiger partial charge in [0, 0.05) is 37.8 Å². The van der Waals surface area contributed by atoms with Gasteiger partial charge in [0.15, 0.2) is 0 Å². The minimum Gasteiger partial charge on any atom is -0.443 e. The van der Waals surface area contributed by atoms with Gasteiger partial charge in [0.05, 0.1) is 17.8 Å². The average molecular weight is 357 g/mol. The van der Waals surface area contributed by atoms with Crippen molar-refractivity contribution in [1.82, 2.24) is 14.9 Å². The lowest BCUT2D eigenvalue weighted by atomic mass is 9.94. The van der Waals surface area contributed by atoms with Gasteiger partial charge in [-0.05, 0) is 19.1 Å². The topological polar surface area (TPSA) is 88.5 Å². The van der Waals surface area contributed by atoms with E-state index in [0.717, 1.165) is 37.8 Å². The van der Waals surface area contributed by atoms with Crippen molar-refractivity contribution in [3.63, 3.8) is 0 Å². The van der Waals surface area contributed by atoms with Crippen LogP contribution >= 0.6 is 0 Å². The predicted molar refractivity (Wildman–Crippen MR) is 100 cm³/mol. The van der Waals surface area contributed by atoms with Crippen LogP contribution < -0.4 is 10.6 Å². The number of hydrogen-bond acceptors (Lipinski definition) is 6. The van der Waals surface area contributed by atoms with Gasteiger partial charge in [-0.3, -0.25) is 9.69 Å². The number of carbonyl (C=O) groups is 1. The number of nitrogens with two attached hydrogens (primary N) is 1. The third-order valence-corrected chi connectivity index (χ3v) is 4.83. The van der Waals surface area contributed by atoms with Crippen molar-refractivity contribution in [2.45, 2.75) is 39.2 Å². The largest absolute Gasteiger partial charge is 0.443 e. The van der Waals surface area contributed by atoms with Crippen LogP contribution in [-0.4, -0.2) is 47.0 Å². The third kappa shape index (κ3) is 3.72. The molecule has 2 aromatic rings. The van der Waals surface area contributed by atoms with Crippen LogP contribution in [0.15, 0.2) is 28.9 Å². The fourth-order valence-corrected chi connectivity index (χ4v) is 3.15. The Hall–Kier alpha value is -2.41. The highest BCUT2D eigenvalue weighted by Crippen LogP contribution is 2.28. The van der Waals surface area contributed by atoms with Crippen molar-refractivity contribution < 1.29 is 9.21 Å². The number of hydrogen-bond donors (Lipinski definition) is 1. The molecule has 3 rings (SSSR count). The maximum Gasteiger partial charge on any atom is 0.252 e. The summed E-state index contributed by atoms with van der Waals surface area (Å²) >= 11 is 0. The molecule has 1 amide bonds. The van der Waals surface area contributed by atoms with Crippen LogP contribution in [0.2, 0.25) is 0 Å². The molecule has 0 saturated carbocycles. The molecule has 0 bridgehead atoms. The Bertz CT molecular complexity index is 772. The summed E-state index contributed by atoms with van der Waals surface area (Å²) in [5, 5.41) is 0. The van der Waals surface area contributed by atoms with Crippen molar-refractivity contribution in [3.05, 3.63) is 41.7 Å². The van der Waals surface area contributed by atoms with E-state index in [4.69, 9.17) is 10.2 Å². The van der Waals surface area contributed by atoms with E-state index in [1.165, 1.54) is 0 Å². The first-order chi connectivity index (χ1) is 12.3. The highest BCUT2D eigenvalue weighted by atomic mass is 16.4. The molecule has 2 aromatic heterocycles. The number of pyridine rings is 1. The van der Waals surface area contributed by atoms with E-state index in [1.807, 2.05) is 6.20 Å². The zero-order chi connectivity index (χ0) is 18.9. The van der Waals surface area contributed by atoms with Crippen molar-refractivity contribution in [3.8, 4) is 0 Å². The second-order valence-electron chi connectivity index (χ2n) is 7.75. The molecule has 7 heteroatoms. The number of anilines is 1. The molecule has 0 aliphatic carbocycles. The molecule has 0 aromatic carbocycles. The summed E-state index contributed by atoms with van der Waals surface area (Å²) in [6.07, 6.45) is 3.52. The summed E-state index contributed by atoms with van der Waals surface area (Å²) in [7, 11) is 0. The summed E-state index contributed by atoms with van der Waals surface area (Å²) in [4.78, 5) is 24.9. The maximum atomic E-state index is 11.6. The van der Waals surface area contributed by atoms with Crippen molar-refractivity contribution in [1.29, 1.82) is 0 Å². The minimum absolute atomic E-state index is 0.0478. The summed E-state index contributed by atoms with van der Waals surface area (Å²) < 4.78 is 5.99. The molecular formula is C19H27N5O2. The first kappa shape index (κ1) is 18.4. The van der Waals surface area contributed by atoms with Gasteiger partial charge in [0.2, 0.25) is 5.89 Å². The Morgan fingerprint density at radius 1 is 1.23 bits per heavy atom. The maximum absolute atomic E-state index is 11.6. The number of nitrogens with zero attached hydrogens (tertiary/aromatic N) is 4. The molecule has 0 spiro atoms. The van der Waals surface area contributed by atoms with Crippen LogP contribution in [0, 0.1) is 0 Å². The molecule has 26 heavy (non-hydrogen) atoms. The fourth-order valence-electron chi connectivity index (χ4n) is 3.15. The lowest BCUT2D eigenvalue weighted by Crippen LogP contribution is -2.48. The molecule has 140 valence electrons.